The van der Waals surface area contributed by atoms with Gasteiger partial charge in [-0.15, -0.1) is 0 Å². The summed E-state index contributed by atoms with van der Waals surface area (Å²) in [6.07, 6.45) is 6.35. The smallest absolute Gasteiger partial charge is 0.271 e. The number of rotatable bonds is 4. The van der Waals surface area contributed by atoms with Crippen molar-refractivity contribution in [3.8, 4) is 0 Å². The number of nitrogens with one attached hydrogen (secondary N) is 2. The number of hydrogen-bond acceptors (Lipinski definition) is 6. The molecule has 0 bridgehead atoms. The van der Waals surface area contributed by atoms with Crippen LogP contribution in [0.2, 0.25) is 0 Å². The van der Waals surface area contributed by atoms with Crippen LogP contribution in [0.5, 0.6) is 0 Å². The molecule has 4 rings (SSSR count). The zero-order valence-electron chi connectivity index (χ0n) is 14.2. The van der Waals surface area contributed by atoms with Crippen molar-refractivity contribution in [2.45, 2.75) is 19.4 Å². The molecule has 0 aromatic carbocycles. The Labute approximate surface area is 150 Å². The molecule has 2 N–H and O–H groups in total. The Bertz CT molecular complexity index is 880. The fourth-order valence-corrected chi connectivity index (χ4v) is 3.10. The second-order valence-electron chi connectivity index (χ2n) is 6.08. The summed E-state index contributed by atoms with van der Waals surface area (Å²) in [5.41, 5.74) is 3.52. The van der Waals surface area contributed by atoms with Gasteiger partial charge >= 0.3 is 0 Å². The highest BCUT2D eigenvalue weighted by Gasteiger charge is 2.23. The van der Waals surface area contributed by atoms with Crippen molar-refractivity contribution in [3.05, 3.63) is 65.6 Å². The van der Waals surface area contributed by atoms with E-state index in [1.807, 2.05) is 23.1 Å². The van der Waals surface area contributed by atoms with Crippen molar-refractivity contribution < 1.29 is 4.79 Å². The molecule has 0 radical (unpaired) electrons. The molecular weight excluding hydrogens is 330 g/mol. The number of aromatic amines is 1. The lowest BCUT2D eigenvalue weighted by molar-refractivity contribution is 0.0757. The van der Waals surface area contributed by atoms with Crippen LogP contribution >= 0.6 is 0 Å². The van der Waals surface area contributed by atoms with E-state index < -0.39 is 0 Å². The minimum absolute atomic E-state index is 0.0359. The molecule has 4 heterocycles. The molecule has 0 atom stereocenters. The Balaban J connectivity index is 1.48. The maximum atomic E-state index is 12.6. The Kier molecular flexibility index (Phi) is 4.55. The van der Waals surface area contributed by atoms with E-state index in [9.17, 15) is 4.79 Å². The molecule has 8 nitrogen and oxygen atoms in total. The maximum absolute atomic E-state index is 12.6. The van der Waals surface area contributed by atoms with Crippen LogP contribution in [0.15, 0.2) is 43.0 Å². The standard InChI is InChI=1S/C18H19N7O/c26-18(16-4-8-23-24-16)25-9-5-14-15(6-10-25)21-12-22-17(14)20-11-13-3-1-2-7-19-13/h1-4,7-8,12H,5-6,9-11H2,(H,23,24)(H,20,21,22). The number of amides is 1. The Morgan fingerprint density at radius 1 is 1.12 bits per heavy atom. The van der Waals surface area contributed by atoms with Crippen LogP contribution in [0.4, 0.5) is 5.82 Å². The first-order valence-electron chi connectivity index (χ1n) is 8.56. The summed E-state index contributed by atoms with van der Waals surface area (Å²) < 4.78 is 0. The van der Waals surface area contributed by atoms with Crippen LogP contribution < -0.4 is 5.32 Å². The number of carbonyl (C=O) groups excluding carboxylic acids is 1. The molecule has 132 valence electrons. The van der Waals surface area contributed by atoms with Crippen LogP contribution in [0, 0.1) is 0 Å². The molecule has 0 aliphatic carbocycles. The van der Waals surface area contributed by atoms with Gasteiger partial charge in [-0.3, -0.25) is 14.9 Å². The zero-order chi connectivity index (χ0) is 17.8. The Hall–Kier alpha value is -3.29. The summed E-state index contributed by atoms with van der Waals surface area (Å²) in [6.45, 7) is 1.85. The number of H-pyrrole nitrogens is 1. The first-order chi connectivity index (χ1) is 12.8. The summed E-state index contributed by atoms with van der Waals surface area (Å²) in [5, 5.41) is 9.95. The molecule has 26 heavy (non-hydrogen) atoms. The predicted octanol–water partition coefficient (Wildman–Crippen LogP) is 1.45. The first-order valence-corrected chi connectivity index (χ1v) is 8.56. The van der Waals surface area contributed by atoms with Crippen LogP contribution in [0.3, 0.4) is 0 Å². The molecule has 3 aromatic rings. The zero-order valence-corrected chi connectivity index (χ0v) is 14.2. The molecule has 8 heteroatoms. The summed E-state index contributed by atoms with van der Waals surface area (Å²) in [5.74, 6) is 0.780. The summed E-state index contributed by atoms with van der Waals surface area (Å²) >= 11 is 0. The molecular formula is C18H19N7O. The van der Waals surface area contributed by atoms with Gasteiger partial charge in [-0.2, -0.15) is 5.10 Å². The number of nitrogens with zero attached hydrogens (tertiary/aromatic N) is 5. The van der Waals surface area contributed by atoms with Gasteiger partial charge in [0, 0.05) is 37.5 Å². The van der Waals surface area contributed by atoms with Gasteiger partial charge in [0.25, 0.3) is 5.91 Å². The molecule has 3 aromatic heterocycles. The summed E-state index contributed by atoms with van der Waals surface area (Å²) in [6, 6.07) is 7.52. The van der Waals surface area contributed by atoms with E-state index in [1.165, 1.54) is 0 Å². The SMILES string of the molecule is O=C(c1ccn[nH]1)N1CCc2ncnc(NCc3ccccn3)c2CC1. The largest absolute Gasteiger partial charge is 0.364 e. The van der Waals surface area contributed by atoms with Gasteiger partial charge in [0.15, 0.2) is 0 Å². The van der Waals surface area contributed by atoms with Crippen molar-refractivity contribution in [1.29, 1.82) is 0 Å². The number of hydrogen-bond donors (Lipinski definition) is 2. The highest BCUT2D eigenvalue weighted by Crippen LogP contribution is 2.21. The number of fused-ring (bicyclic) bond motifs is 1. The molecule has 0 saturated heterocycles. The van der Waals surface area contributed by atoms with Gasteiger partial charge in [-0.05, 0) is 24.6 Å². The van der Waals surface area contributed by atoms with Crippen LogP contribution in [-0.2, 0) is 19.4 Å². The van der Waals surface area contributed by atoms with Crippen molar-refractivity contribution in [1.82, 2.24) is 30.0 Å². The lowest BCUT2D eigenvalue weighted by Crippen LogP contribution is -2.33. The van der Waals surface area contributed by atoms with Crippen molar-refractivity contribution in [2.75, 3.05) is 18.4 Å². The Morgan fingerprint density at radius 2 is 2.04 bits per heavy atom. The number of anilines is 1. The fraction of sp³-hybridized carbons (Fsp3) is 0.278. The Morgan fingerprint density at radius 3 is 2.85 bits per heavy atom. The summed E-state index contributed by atoms with van der Waals surface area (Å²) in [7, 11) is 0. The fourth-order valence-electron chi connectivity index (χ4n) is 3.10. The van der Waals surface area contributed by atoms with Gasteiger partial charge in [0.1, 0.15) is 17.8 Å². The van der Waals surface area contributed by atoms with Crippen molar-refractivity contribution in [3.63, 3.8) is 0 Å². The third-order valence-corrected chi connectivity index (χ3v) is 4.47. The molecule has 1 aliphatic heterocycles. The molecule has 1 amide bonds. The third kappa shape index (κ3) is 3.39. The van der Waals surface area contributed by atoms with Crippen molar-refractivity contribution >= 4 is 11.7 Å². The monoisotopic (exact) mass is 349 g/mol. The molecule has 0 fully saturated rings. The van der Waals surface area contributed by atoms with E-state index in [0.29, 0.717) is 38.2 Å². The molecule has 0 spiro atoms. The maximum Gasteiger partial charge on any atom is 0.271 e. The number of carbonyl (C=O) groups is 1. The first kappa shape index (κ1) is 16.2. The minimum Gasteiger partial charge on any atom is -0.364 e. The van der Waals surface area contributed by atoms with Gasteiger partial charge < -0.3 is 10.2 Å². The van der Waals surface area contributed by atoms with Crippen LogP contribution in [0.1, 0.15) is 27.4 Å². The molecule has 1 aliphatic rings. The quantitative estimate of drug-likeness (QED) is 0.739. The van der Waals surface area contributed by atoms with E-state index in [2.05, 4.69) is 30.5 Å². The van der Waals surface area contributed by atoms with Gasteiger partial charge in [-0.25, -0.2) is 9.97 Å². The minimum atomic E-state index is -0.0359. The van der Waals surface area contributed by atoms with Gasteiger partial charge in [0.05, 0.1) is 17.9 Å². The second kappa shape index (κ2) is 7.30. The van der Waals surface area contributed by atoms with Crippen LogP contribution in [-0.4, -0.2) is 49.0 Å². The van der Waals surface area contributed by atoms with E-state index in [4.69, 9.17) is 0 Å². The lowest BCUT2D eigenvalue weighted by atomic mass is 10.1. The number of pyridine rings is 1. The average molecular weight is 349 g/mol. The van der Waals surface area contributed by atoms with E-state index in [0.717, 1.165) is 22.8 Å². The number of aromatic nitrogens is 5. The van der Waals surface area contributed by atoms with E-state index in [1.54, 1.807) is 24.8 Å². The van der Waals surface area contributed by atoms with E-state index >= 15 is 0 Å². The second-order valence-corrected chi connectivity index (χ2v) is 6.08. The molecule has 0 saturated carbocycles. The highest BCUT2D eigenvalue weighted by atomic mass is 16.2. The van der Waals surface area contributed by atoms with Crippen LogP contribution in [0.25, 0.3) is 0 Å². The third-order valence-electron chi connectivity index (χ3n) is 4.47. The normalized spacial score (nSPS) is 13.8. The van der Waals surface area contributed by atoms with Gasteiger partial charge in [-0.1, -0.05) is 6.07 Å². The predicted molar refractivity (Wildman–Crippen MR) is 95.5 cm³/mol. The van der Waals surface area contributed by atoms with Gasteiger partial charge in [0.2, 0.25) is 0 Å². The molecule has 0 unspecified atom stereocenters. The average Bonchev–Trinajstić information content (AvgIpc) is 3.13. The summed E-state index contributed by atoms with van der Waals surface area (Å²) in [4.78, 5) is 27.5. The van der Waals surface area contributed by atoms with E-state index in [-0.39, 0.29) is 5.91 Å². The highest BCUT2D eigenvalue weighted by molar-refractivity contribution is 5.92. The lowest BCUT2D eigenvalue weighted by Gasteiger charge is -2.19. The topological polar surface area (TPSA) is 99.7 Å². The van der Waals surface area contributed by atoms with Crippen molar-refractivity contribution in [2.24, 2.45) is 0 Å².